The van der Waals surface area contributed by atoms with E-state index in [4.69, 9.17) is 4.42 Å². The molecule has 0 saturated heterocycles. The second-order valence-electron chi connectivity index (χ2n) is 3.71. The van der Waals surface area contributed by atoms with Gasteiger partial charge >= 0.3 is 0 Å². The van der Waals surface area contributed by atoms with Crippen molar-refractivity contribution in [2.24, 2.45) is 0 Å². The molecule has 0 aliphatic rings. The summed E-state index contributed by atoms with van der Waals surface area (Å²) in [5, 5.41) is 2.71. The van der Waals surface area contributed by atoms with Crippen LogP contribution in [0.25, 0.3) is 0 Å². The van der Waals surface area contributed by atoms with Gasteiger partial charge in [0.15, 0.2) is 4.67 Å². The number of rotatable bonds is 4. The molecule has 1 N–H and O–H groups in total. The number of halogens is 2. The van der Waals surface area contributed by atoms with Crippen LogP contribution in [0.3, 0.4) is 0 Å². The Morgan fingerprint density at radius 2 is 2.11 bits per heavy atom. The molecule has 2 aromatic rings. The average molecular weight is 312 g/mol. The molecule has 1 heterocycles. The van der Waals surface area contributed by atoms with Gasteiger partial charge in [0.25, 0.3) is 5.91 Å². The smallest absolute Gasteiger partial charge is 0.255 e. The highest BCUT2D eigenvalue weighted by atomic mass is 79.9. The predicted octanol–water partition coefficient (Wildman–Crippen LogP) is 3.15. The maximum Gasteiger partial charge on any atom is 0.255 e. The Kier molecular flexibility index (Phi) is 4.15. The largest absolute Gasteiger partial charge is 0.457 e. The van der Waals surface area contributed by atoms with Gasteiger partial charge in [-0.3, -0.25) is 4.79 Å². The zero-order valence-electron chi connectivity index (χ0n) is 9.45. The molecule has 1 aromatic heterocycles. The molecule has 0 fully saturated rings. The Bertz CT molecular complexity index is 553. The lowest BCUT2D eigenvalue weighted by Crippen LogP contribution is -2.25. The lowest BCUT2D eigenvalue weighted by Gasteiger charge is -2.05. The maximum absolute atomic E-state index is 13.3. The molecule has 3 nitrogen and oxygen atoms in total. The minimum absolute atomic E-state index is 0.244. The Balaban J connectivity index is 1.88. The van der Waals surface area contributed by atoms with Crippen molar-refractivity contribution in [3.63, 3.8) is 0 Å². The summed E-state index contributed by atoms with van der Waals surface area (Å²) in [5.41, 5.74) is 1.02. The zero-order chi connectivity index (χ0) is 13.0. The standard InChI is InChI=1S/C13H11BrFNO2/c14-12-10(6-8-18-12)13(17)16-7-5-9-3-1-2-4-11(9)15/h1-4,6,8H,5,7H2,(H,16,17). The first-order valence-electron chi connectivity index (χ1n) is 5.43. The lowest BCUT2D eigenvalue weighted by molar-refractivity contribution is 0.0952. The molecule has 1 amide bonds. The number of amides is 1. The highest BCUT2D eigenvalue weighted by Gasteiger charge is 2.11. The monoisotopic (exact) mass is 311 g/mol. The average Bonchev–Trinajstić information content (AvgIpc) is 2.78. The molecule has 0 spiro atoms. The van der Waals surface area contributed by atoms with Crippen LogP contribution in [0.5, 0.6) is 0 Å². The van der Waals surface area contributed by atoms with Crippen LogP contribution in [0, 0.1) is 5.82 Å². The zero-order valence-corrected chi connectivity index (χ0v) is 11.0. The van der Waals surface area contributed by atoms with Gasteiger partial charge in [0.1, 0.15) is 5.82 Å². The topological polar surface area (TPSA) is 42.2 Å². The summed E-state index contributed by atoms with van der Waals surface area (Å²) in [7, 11) is 0. The van der Waals surface area contributed by atoms with Crippen molar-refractivity contribution >= 4 is 21.8 Å². The normalized spacial score (nSPS) is 10.3. The van der Waals surface area contributed by atoms with Crippen LogP contribution in [-0.2, 0) is 6.42 Å². The molecular weight excluding hydrogens is 301 g/mol. The van der Waals surface area contributed by atoms with Gasteiger partial charge in [-0.25, -0.2) is 4.39 Å². The van der Waals surface area contributed by atoms with E-state index in [1.165, 1.54) is 12.3 Å². The van der Waals surface area contributed by atoms with Crippen LogP contribution in [-0.4, -0.2) is 12.5 Å². The summed E-state index contributed by atoms with van der Waals surface area (Å²) in [5.74, 6) is -0.497. The summed E-state index contributed by atoms with van der Waals surface area (Å²) >= 11 is 3.13. The third kappa shape index (κ3) is 2.98. The van der Waals surface area contributed by atoms with Crippen molar-refractivity contribution in [2.75, 3.05) is 6.54 Å². The van der Waals surface area contributed by atoms with Crippen LogP contribution >= 0.6 is 15.9 Å². The fourth-order valence-electron chi connectivity index (χ4n) is 1.56. The van der Waals surface area contributed by atoms with Gasteiger partial charge in [0.2, 0.25) is 0 Å². The number of benzene rings is 1. The van der Waals surface area contributed by atoms with E-state index in [9.17, 15) is 9.18 Å². The number of hydrogen-bond acceptors (Lipinski definition) is 2. The highest BCUT2D eigenvalue weighted by Crippen LogP contribution is 2.17. The second kappa shape index (κ2) is 5.82. The third-order valence-electron chi connectivity index (χ3n) is 2.50. The minimum Gasteiger partial charge on any atom is -0.457 e. The molecule has 0 atom stereocenters. The number of hydrogen-bond donors (Lipinski definition) is 1. The second-order valence-corrected chi connectivity index (χ2v) is 4.43. The van der Waals surface area contributed by atoms with Crippen LogP contribution in [0.15, 0.2) is 45.7 Å². The van der Waals surface area contributed by atoms with E-state index in [2.05, 4.69) is 21.2 Å². The van der Waals surface area contributed by atoms with E-state index in [0.29, 0.717) is 28.8 Å². The van der Waals surface area contributed by atoms with E-state index in [-0.39, 0.29) is 11.7 Å². The van der Waals surface area contributed by atoms with E-state index >= 15 is 0 Å². The molecule has 0 radical (unpaired) electrons. The first-order valence-corrected chi connectivity index (χ1v) is 6.22. The van der Waals surface area contributed by atoms with Crippen LogP contribution in [0.4, 0.5) is 4.39 Å². The lowest BCUT2D eigenvalue weighted by atomic mass is 10.1. The molecule has 18 heavy (non-hydrogen) atoms. The molecule has 0 unspecified atom stereocenters. The van der Waals surface area contributed by atoms with Gasteiger partial charge in [-0.2, -0.15) is 0 Å². The first-order chi connectivity index (χ1) is 8.68. The fraction of sp³-hybridized carbons (Fsp3) is 0.154. The summed E-state index contributed by atoms with van der Waals surface area (Å²) in [4.78, 5) is 11.7. The molecule has 0 aliphatic carbocycles. The van der Waals surface area contributed by atoms with Crippen LogP contribution in [0.2, 0.25) is 0 Å². The van der Waals surface area contributed by atoms with Gasteiger partial charge in [-0.15, -0.1) is 0 Å². The van der Waals surface area contributed by atoms with E-state index < -0.39 is 0 Å². The van der Waals surface area contributed by atoms with Gasteiger partial charge < -0.3 is 9.73 Å². The van der Waals surface area contributed by atoms with Gasteiger partial charge in [0.05, 0.1) is 11.8 Å². The van der Waals surface area contributed by atoms with Crippen molar-refractivity contribution in [2.45, 2.75) is 6.42 Å². The van der Waals surface area contributed by atoms with E-state index in [0.717, 1.165) is 0 Å². The van der Waals surface area contributed by atoms with Gasteiger partial charge in [0, 0.05) is 6.54 Å². The highest BCUT2D eigenvalue weighted by molar-refractivity contribution is 9.10. The maximum atomic E-state index is 13.3. The molecule has 0 aliphatic heterocycles. The number of furan rings is 1. The van der Waals surface area contributed by atoms with Crippen molar-refractivity contribution < 1.29 is 13.6 Å². The van der Waals surface area contributed by atoms with Crippen LogP contribution < -0.4 is 5.32 Å². The summed E-state index contributed by atoms with van der Waals surface area (Å²) in [6, 6.07) is 8.09. The van der Waals surface area contributed by atoms with Crippen molar-refractivity contribution in [1.82, 2.24) is 5.32 Å². The Morgan fingerprint density at radius 1 is 1.33 bits per heavy atom. The van der Waals surface area contributed by atoms with Gasteiger partial charge in [-0.05, 0) is 40.0 Å². The van der Waals surface area contributed by atoms with Crippen molar-refractivity contribution in [3.8, 4) is 0 Å². The molecule has 5 heteroatoms. The molecule has 94 valence electrons. The summed E-state index contributed by atoms with van der Waals surface area (Å²) in [6.07, 6.45) is 1.88. The Labute approximate surface area is 112 Å². The minimum atomic E-state index is -0.253. The summed E-state index contributed by atoms with van der Waals surface area (Å²) < 4.78 is 18.7. The molecular formula is C13H11BrFNO2. The number of carbonyl (C=O) groups is 1. The summed E-state index contributed by atoms with van der Waals surface area (Å²) in [6.45, 7) is 0.372. The van der Waals surface area contributed by atoms with Crippen molar-refractivity contribution in [1.29, 1.82) is 0 Å². The third-order valence-corrected chi connectivity index (χ3v) is 3.11. The first kappa shape index (κ1) is 12.8. The quantitative estimate of drug-likeness (QED) is 0.942. The van der Waals surface area contributed by atoms with Crippen molar-refractivity contribution in [3.05, 3.63) is 58.2 Å². The Hall–Kier alpha value is -1.62. The SMILES string of the molecule is O=C(NCCc1ccccc1F)c1ccoc1Br. The Morgan fingerprint density at radius 3 is 2.78 bits per heavy atom. The predicted molar refractivity (Wildman–Crippen MR) is 68.8 cm³/mol. The van der Waals surface area contributed by atoms with Gasteiger partial charge in [-0.1, -0.05) is 18.2 Å². The van der Waals surface area contributed by atoms with Crippen LogP contribution in [0.1, 0.15) is 15.9 Å². The number of carbonyl (C=O) groups excluding carboxylic acids is 1. The number of nitrogens with one attached hydrogen (secondary N) is 1. The van der Waals surface area contributed by atoms with E-state index in [1.807, 2.05) is 0 Å². The fourth-order valence-corrected chi connectivity index (χ4v) is 1.98. The molecule has 2 rings (SSSR count). The molecule has 0 bridgehead atoms. The van der Waals surface area contributed by atoms with E-state index in [1.54, 1.807) is 24.3 Å². The molecule has 1 aromatic carbocycles. The molecule has 0 saturated carbocycles.